The van der Waals surface area contributed by atoms with E-state index in [-0.39, 0.29) is 18.3 Å². The van der Waals surface area contributed by atoms with Gasteiger partial charge in [0.25, 0.3) is 5.91 Å². The van der Waals surface area contributed by atoms with Crippen LogP contribution in [-0.2, 0) is 0 Å². The van der Waals surface area contributed by atoms with Gasteiger partial charge in [-0.25, -0.2) is 0 Å². The molecule has 2 rings (SSSR count). The molecule has 0 saturated carbocycles. The predicted octanol–water partition coefficient (Wildman–Crippen LogP) is 3.90. The number of hydrogen-bond acceptors (Lipinski definition) is 2. The monoisotopic (exact) mass is 310 g/mol. The van der Waals surface area contributed by atoms with Gasteiger partial charge in [-0.3, -0.25) is 4.79 Å². The normalized spacial score (nSPS) is 19.0. The van der Waals surface area contributed by atoms with Crippen LogP contribution in [0.2, 0.25) is 0 Å². The van der Waals surface area contributed by atoms with Crippen molar-refractivity contribution in [2.24, 2.45) is 11.8 Å². The highest BCUT2D eigenvalue weighted by molar-refractivity contribution is 5.96. The molecule has 1 aliphatic rings. The number of nitrogens with zero attached hydrogens (tertiary/aromatic N) is 1. The second-order valence-electron chi connectivity index (χ2n) is 6.30. The van der Waals surface area contributed by atoms with Crippen LogP contribution in [0.5, 0.6) is 0 Å². The SMILES string of the molecule is Cc1ccc(N)cc1C(=O)N1CCCC(C(C)C)CC1.Cl. The third-order valence-electron chi connectivity index (χ3n) is 4.49. The maximum Gasteiger partial charge on any atom is 0.254 e. The van der Waals surface area contributed by atoms with Crippen molar-refractivity contribution >= 4 is 24.0 Å². The number of carbonyl (C=O) groups is 1. The first-order valence-electron chi connectivity index (χ1n) is 7.64. The van der Waals surface area contributed by atoms with Crippen molar-refractivity contribution in [2.75, 3.05) is 18.8 Å². The van der Waals surface area contributed by atoms with E-state index in [1.54, 1.807) is 0 Å². The Morgan fingerprint density at radius 1 is 1.29 bits per heavy atom. The predicted molar refractivity (Wildman–Crippen MR) is 90.9 cm³/mol. The highest BCUT2D eigenvalue weighted by atomic mass is 35.5. The van der Waals surface area contributed by atoms with Crippen LogP contribution in [0.1, 0.15) is 49.0 Å². The summed E-state index contributed by atoms with van der Waals surface area (Å²) < 4.78 is 0. The van der Waals surface area contributed by atoms with Crippen molar-refractivity contribution < 1.29 is 4.79 Å². The van der Waals surface area contributed by atoms with E-state index in [4.69, 9.17) is 5.73 Å². The molecule has 1 amide bonds. The quantitative estimate of drug-likeness (QED) is 0.842. The van der Waals surface area contributed by atoms with Crippen LogP contribution in [0.4, 0.5) is 5.69 Å². The van der Waals surface area contributed by atoms with Gasteiger partial charge in [0.1, 0.15) is 0 Å². The molecule has 1 saturated heterocycles. The number of aryl methyl sites for hydroxylation is 1. The number of nitrogen functional groups attached to an aromatic ring is 1. The molecule has 3 nitrogen and oxygen atoms in total. The van der Waals surface area contributed by atoms with Crippen LogP contribution in [0.3, 0.4) is 0 Å². The zero-order valence-corrected chi connectivity index (χ0v) is 14.1. The van der Waals surface area contributed by atoms with E-state index in [0.717, 1.165) is 43.0 Å². The van der Waals surface area contributed by atoms with Gasteiger partial charge in [0.2, 0.25) is 0 Å². The molecular weight excluding hydrogens is 284 g/mol. The van der Waals surface area contributed by atoms with Gasteiger partial charge in [0.15, 0.2) is 0 Å². The number of amides is 1. The molecule has 0 radical (unpaired) electrons. The summed E-state index contributed by atoms with van der Waals surface area (Å²) in [6.45, 7) is 8.28. The van der Waals surface area contributed by atoms with Gasteiger partial charge < -0.3 is 10.6 Å². The first-order chi connectivity index (χ1) is 9.49. The molecule has 2 N–H and O–H groups in total. The number of anilines is 1. The van der Waals surface area contributed by atoms with Crippen LogP contribution in [0, 0.1) is 18.8 Å². The van der Waals surface area contributed by atoms with E-state index in [2.05, 4.69) is 13.8 Å². The maximum absolute atomic E-state index is 12.7. The zero-order valence-electron chi connectivity index (χ0n) is 13.3. The molecule has 1 fully saturated rings. The summed E-state index contributed by atoms with van der Waals surface area (Å²) in [6, 6.07) is 5.59. The Bertz CT molecular complexity index is 488. The summed E-state index contributed by atoms with van der Waals surface area (Å²) in [7, 11) is 0. The zero-order chi connectivity index (χ0) is 14.7. The van der Waals surface area contributed by atoms with Gasteiger partial charge in [0, 0.05) is 24.3 Å². The molecule has 1 heterocycles. The Morgan fingerprint density at radius 3 is 2.67 bits per heavy atom. The van der Waals surface area contributed by atoms with Gasteiger partial charge >= 0.3 is 0 Å². The van der Waals surface area contributed by atoms with Crippen molar-refractivity contribution in [3.8, 4) is 0 Å². The lowest BCUT2D eigenvalue weighted by molar-refractivity contribution is 0.0758. The molecule has 1 unspecified atom stereocenters. The van der Waals surface area contributed by atoms with Crippen molar-refractivity contribution in [1.82, 2.24) is 4.90 Å². The number of rotatable bonds is 2. The topological polar surface area (TPSA) is 46.3 Å². The summed E-state index contributed by atoms with van der Waals surface area (Å²) >= 11 is 0. The molecule has 1 atom stereocenters. The van der Waals surface area contributed by atoms with Gasteiger partial charge in [-0.1, -0.05) is 19.9 Å². The van der Waals surface area contributed by atoms with Crippen molar-refractivity contribution in [3.05, 3.63) is 29.3 Å². The average Bonchev–Trinajstić information content (AvgIpc) is 2.66. The third kappa shape index (κ3) is 4.37. The minimum absolute atomic E-state index is 0. The van der Waals surface area contributed by atoms with Gasteiger partial charge in [-0.2, -0.15) is 0 Å². The molecule has 4 heteroatoms. The Hall–Kier alpha value is -1.22. The summed E-state index contributed by atoms with van der Waals surface area (Å²) in [5.74, 6) is 1.59. The van der Waals surface area contributed by atoms with Crippen LogP contribution in [-0.4, -0.2) is 23.9 Å². The lowest BCUT2D eigenvalue weighted by Gasteiger charge is -2.22. The Balaban J connectivity index is 0.00000220. The number of nitrogens with two attached hydrogens (primary N) is 1. The third-order valence-corrected chi connectivity index (χ3v) is 4.49. The number of hydrogen-bond donors (Lipinski definition) is 1. The molecule has 0 aromatic heterocycles. The van der Waals surface area contributed by atoms with Crippen LogP contribution in [0.25, 0.3) is 0 Å². The molecule has 0 spiro atoms. The summed E-state index contributed by atoms with van der Waals surface area (Å²) in [5.41, 5.74) is 8.24. The molecule has 0 bridgehead atoms. The second kappa shape index (κ2) is 7.69. The minimum atomic E-state index is 0. The lowest BCUT2D eigenvalue weighted by atomic mass is 9.89. The largest absolute Gasteiger partial charge is 0.399 e. The van der Waals surface area contributed by atoms with Gasteiger partial charge in [0.05, 0.1) is 0 Å². The highest BCUT2D eigenvalue weighted by Gasteiger charge is 2.23. The molecule has 21 heavy (non-hydrogen) atoms. The van der Waals surface area contributed by atoms with E-state index in [0.29, 0.717) is 11.6 Å². The fraction of sp³-hybridized carbons (Fsp3) is 0.588. The van der Waals surface area contributed by atoms with Crippen LogP contribution < -0.4 is 5.73 Å². The van der Waals surface area contributed by atoms with Crippen molar-refractivity contribution in [2.45, 2.75) is 40.0 Å². The second-order valence-corrected chi connectivity index (χ2v) is 6.30. The van der Waals surface area contributed by atoms with E-state index in [1.807, 2.05) is 30.0 Å². The van der Waals surface area contributed by atoms with E-state index in [1.165, 1.54) is 6.42 Å². The van der Waals surface area contributed by atoms with Crippen molar-refractivity contribution in [3.63, 3.8) is 0 Å². The fourth-order valence-corrected chi connectivity index (χ4v) is 3.03. The number of likely N-dealkylation sites (tertiary alicyclic amines) is 1. The average molecular weight is 311 g/mol. The highest BCUT2D eigenvalue weighted by Crippen LogP contribution is 2.26. The lowest BCUT2D eigenvalue weighted by Crippen LogP contribution is -2.32. The molecule has 1 aromatic carbocycles. The first-order valence-corrected chi connectivity index (χ1v) is 7.64. The van der Waals surface area contributed by atoms with Gasteiger partial charge in [-0.15, -0.1) is 12.4 Å². The smallest absolute Gasteiger partial charge is 0.254 e. The van der Waals surface area contributed by atoms with Crippen molar-refractivity contribution in [1.29, 1.82) is 0 Å². The Labute approximate surface area is 134 Å². The Morgan fingerprint density at radius 2 is 2.00 bits per heavy atom. The molecule has 1 aliphatic heterocycles. The number of carbonyl (C=O) groups excluding carboxylic acids is 1. The first kappa shape index (κ1) is 17.8. The Kier molecular flexibility index (Phi) is 6.53. The fourth-order valence-electron chi connectivity index (χ4n) is 3.03. The number of benzene rings is 1. The standard InChI is InChI=1S/C17H26N2O.ClH/c1-12(2)14-5-4-9-19(10-8-14)17(20)16-11-15(18)7-6-13(16)3;/h6-7,11-12,14H,4-5,8-10,18H2,1-3H3;1H. The molecule has 118 valence electrons. The molecular formula is C17H27ClN2O. The van der Waals surface area contributed by atoms with Crippen LogP contribution >= 0.6 is 12.4 Å². The van der Waals surface area contributed by atoms with Gasteiger partial charge in [-0.05, 0) is 55.7 Å². The minimum Gasteiger partial charge on any atom is -0.399 e. The summed E-state index contributed by atoms with van der Waals surface area (Å²) in [5, 5.41) is 0. The van der Waals surface area contributed by atoms with E-state index >= 15 is 0 Å². The summed E-state index contributed by atoms with van der Waals surface area (Å²) in [4.78, 5) is 14.7. The van der Waals surface area contributed by atoms with E-state index < -0.39 is 0 Å². The van der Waals surface area contributed by atoms with Crippen LogP contribution in [0.15, 0.2) is 18.2 Å². The molecule has 0 aliphatic carbocycles. The van der Waals surface area contributed by atoms with E-state index in [9.17, 15) is 4.79 Å². The molecule has 1 aromatic rings. The maximum atomic E-state index is 12.7. The summed E-state index contributed by atoms with van der Waals surface area (Å²) in [6.07, 6.45) is 3.46. The number of halogens is 1.